The fourth-order valence-corrected chi connectivity index (χ4v) is 4.11. The zero-order valence-electron chi connectivity index (χ0n) is 12.3. The normalized spacial score (nSPS) is 25.1. The van der Waals surface area contributed by atoms with Gasteiger partial charge in [-0.1, -0.05) is 12.8 Å². The molecular weight excluding hydrogens is 316 g/mol. The third kappa shape index (κ3) is 2.56. The SMILES string of the molecule is COc1ccc(N2CC3(CCCC3)NCC2C)cc1Br. The molecule has 1 aliphatic heterocycles. The summed E-state index contributed by atoms with van der Waals surface area (Å²) in [5.74, 6) is 0.895. The first-order valence-corrected chi connectivity index (χ1v) is 8.28. The lowest BCUT2D eigenvalue weighted by molar-refractivity contribution is 0.276. The molecule has 20 heavy (non-hydrogen) atoms. The van der Waals surface area contributed by atoms with Gasteiger partial charge in [0.25, 0.3) is 0 Å². The van der Waals surface area contributed by atoms with Gasteiger partial charge in [0, 0.05) is 30.4 Å². The molecule has 1 saturated carbocycles. The summed E-state index contributed by atoms with van der Waals surface area (Å²) in [6.45, 7) is 4.49. The molecule has 1 aliphatic carbocycles. The van der Waals surface area contributed by atoms with Gasteiger partial charge < -0.3 is 15.0 Å². The molecule has 1 atom stereocenters. The van der Waals surface area contributed by atoms with E-state index in [9.17, 15) is 0 Å². The number of nitrogens with zero attached hydrogens (tertiary/aromatic N) is 1. The lowest BCUT2D eigenvalue weighted by atomic mass is 9.92. The zero-order valence-corrected chi connectivity index (χ0v) is 13.9. The maximum Gasteiger partial charge on any atom is 0.133 e. The minimum absolute atomic E-state index is 0.346. The number of anilines is 1. The maximum absolute atomic E-state index is 5.33. The van der Waals surface area contributed by atoms with Gasteiger partial charge in [0.1, 0.15) is 5.75 Å². The highest BCUT2D eigenvalue weighted by Crippen LogP contribution is 2.37. The Bertz CT molecular complexity index is 485. The van der Waals surface area contributed by atoms with Gasteiger partial charge in [-0.15, -0.1) is 0 Å². The van der Waals surface area contributed by atoms with Crippen LogP contribution < -0.4 is 15.0 Å². The molecule has 1 aromatic carbocycles. The molecule has 0 radical (unpaired) electrons. The second-order valence-electron chi connectivity index (χ2n) is 6.16. The average molecular weight is 339 g/mol. The molecule has 1 N–H and O–H groups in total. The Morgan fingerprint density at radius 3 is 2.75 bits per heavy atom. The van der Waals surface area contributed by atoms with Crippen molar-refractivity contribution in [3.63, 3.8) is 0 Å². The van der Waals surface area contributed by atoms with Crippen molar-refractivity contribution in [3.8, 4) is 5.75 Å². The van der Waals surface area contributed by atoms with Crippen LogP contribution in [0.1, 0.15) is 32.6 Å². The Labute approximate surface area is 129 Å². The van der Waals surface area contributed by atoms with Gasteiger partial charge in [-0.05, 0) is 53.9 Å². The van der Waals surface area contributed by atoms with Crippen molar-refractivity contribution in [2.45, 2.75) is 44.2 Å². The van der Waals surface area contributed by atoms with Crippen LogP contribution in [0.25, 0.3) is 0 Å². The van der Waals surface area contributed by atoms with Gasteiger partial charge in [0.05, 0.1) is 11.6 Å². The minimum atomic E-state index is 0.346. The highest BCUT2D eigenvalue weighted by molar-refractivity contribution is 9.10. The molecular formula is C16H23BrN2O. The van der Waals surface area contributed by atoms with Crippen LogP contribution in [0.3, 0.4) is 0 Å². The molecule has 1 unspecified atom stereocenters. The molecule has 1 aromatic rings. The molecule has 4 heteroatoms. The number of hydrogen-bond acceptors (Lipinski definition) is 3. The second kappa shape index (κ2) is 5.57. The fourth-order valence-electron chi connectivity index (χ4n) is 3.58. The summed E-state index contributed by atoms with van der Waals surface area (Å²) in [4.78, 5) is 2.55. The number of benzene rings is 1. The molecule has 1 spiro atoms. The van der Waals surface area contributed by atoms with Gasteiger partial charge >= 0.3 is 0 Å². The Morgan fingerprint density at radius 2 is 2.10 bits per heavy atom. The molecule has 0 aromatic heterocycles. The van der Waals surface area contributed by atoms with Crippen LogP contribution in [0.4, 0.5) is 5.69 Å². The number of nitrogens with one attached hydrogen (secondary N) is 1. The third-order valence-corrected chi connectivity index (χ3v) is 5.42. The first-order valence-electron chi connectivity index (χ1n) is 7.49. The molecule has 1 heterocycles. The van der Waals surface area contributed by atoms with Crippen molar-refractivity contribution >= 4 is 21.6 Å². The van der Waals surface area contributed by atoms with E-state index in [2.05, 4.69) is 51.3 Å². The van der Waals surface area contributed by atoms with E-state index in [-0.39, 0.29) is 0 Å². The van der Waals surface area contributed by atoms with Crippen LogP contribution in [0.5, 0.6) is 5.75 Å². The molecule has 3 rings (SSSR count). The van der Waals surface area contributed by atoms with Gasteiger partial charge in [0.15, 0.2) is 0 Å². The number of halogens is 1. The van der Waals surface area contributed by atoms with E-state index < -0.39 is 0 Å². The van der Waals surface area contributed by atoms with Crippen LogP contribution in [0, 0.1) is 0 Å². The fraction of sp³-hybridized carbons (Fsp3) is 0.625. The van der Waals surface area contributed by atoms with Crippen LogP contribution in [0.2, 0.25) is 0 Å². The number of rotatable bonds is 2. The van der Waals surface area contributed by atoms with Crippen molar-refractivity contribution in [1.29, 1.82) is 0 Å². The number of ether oxygens (including phenoxy) is 1. The van der Waals surface area contributed by atoms with Gasteiger partial charge in [-0.2, -0.15) is 0 Å². The number of piperazine rings is 1. The van der Waals surface area contributed by atoms with Crippen molar-refractivity contribution in [3.05, 3.63) is 22.7 Å². The summed E-state index contributed by atoms with van der Waals surface area (Å²) in [5.41, 5.74) is 1.64. The van der Waals surface area contributed by atoms with E-state index in [1.165, 1.54) is 31.4 Å². The maximum atomic E-state index is 5.33. The first kappa shape index (κ1) is 14.2. The Kier molecular flexibility index (Phi) is 3.95. The summed E-state index contributed by atoms with van der Waals surface area (Å²) < 4.78 is 6.36. The number of hydrogen-bond donors (Lipinski definition) is 1. The minimum Gasteiger partial charge on any atom is -0.496 e. The molecule has 2 fully saturated rings. The predicted octanol–water partition coefficient (Wildman–Crippen LogP) is 3.57. The van der Waals surface area contributed by atoms with Gasteiger partial charge in [0.2, 0.25) is 0 Å². The largest absolute Gasteiger partial charge is 0.496 e. The quantitative estimate of drug-likeness (QED) is 0.892. The summed E-state index contributed by atoms with van der Waals surface area (Å²) in [7, 11) is 1.71. The van der Waals surface area contributed by atoms with E-state index in [4.69, 9.17) is 4.74 Å². The van der Waals surface area contributed by atoms with E-state index in [0.29, 0.717) is 11.6 Å². The van der Waals surface area contributed by atoms with Crippen molar-refractivity contribution in [2.75, 3.05) is 25.1 Å². The summed E-state index contributed by atoms with van der Waals surface area (Å²) in [5, 5.41) is 3.80. The Hall–Kier alpha value is -0.740. The van der Waals surface area contributed by atoms with Crippen molar-refractivity contribution in [2.24, 2.45) is 0 Å². The molecule has 2 aliphatic rings. The Balaban J connectivity index is 1.85. The van der Waals surface area contributed by atoms with E-state index >= 15 is 0 Å². The highest BCUT2D eigenvalue weighted by atomic mass is 79.9. The molecule has 1 saturated heterocycles. The summed E-state index contributed by atoms with van der Waals surface area (Å²) in [6, 6.07) is 6.94. The smallest absolute Gasteiger partial charge is 0.133 e. The highest BCUT2D eigenvalue weighted by Gasteiger charge is 2.40. The molecule has 3 nitrogen and oxygen atoms in total. The lowest BCUT2D eigenvalue weighted by Crippen LogP contribution is -2.62. The summed E-state index contributed by atoms with van der Waals surface area (Å²) in [6.07, 6.45) is 5.35. The first-order chi connectivity index (χ1) is 9.63. The van der Waals surface area contributed by atoms with Crippen LogP contribution >= 0.6 is 15.9 Å². The zero-order chi connectivity index (χ0) is 14.2. The topological polar surface area (TPSA) is 24.5 Å². The number of methoxy groups -OCH3 is 1. The third-order valence-electron chi connectivity index (χ3n) is 4.81. The van der Waals surface area contributed by atoms with E-state index in [1.807, 2.05) is 0 Å². The van der Waals surface area contributed by atoms with Gasteiger partial charge in [-0.3, -0.25) is 0 Å². The van der Waals surface area contributed by atoms with Crippen molar-refractivity contribution in [1.82, 2.24) is 5.32 Å². The van der Waals surface area contributed by atoms with Crippen molar-refractivity contribution < 1.29 is 4.74 Å². The predicted molar refractivity (Wildman–Crippen MR) is 86.7 cm³/mol. The second-order valence-corrected chi connectivity index (χ2v) is 7.02. The summed E-state index contributed by atoms with van der Waals surface area (Å²) >= 11 is 3.60. The van der Waals surface area contributed by atoms with Gasteiger partial charge in [-0.25, -0.2) is 0 Å². The van der Waals surface area contributed by atoms with E-state index in [1.54, 1.807) is 7.11 Å². The van der Waals surface area contributed by atoms with Crippen LogP contribution in [-0.2, 0) is 0 Å². The standard InChI is InChI=1S/C16H23BrN2O/c1-12-10-18-16(7-3-4-8-16)11-19(12)13-5-6-15(20-2)14(17)9-13/h5-6,9,12,18H,3-4,7-8,10-11H2,1-2H3. The monoisotopic (exact) mass is 338 g/mol. The lowest BCUT2D eigenvalue weighted by Gasteiger charge is -2.46. The van der Waals surface area contributed by atoms with Crippen LogP contribution in [0.15, 0.2) is 22.7 Å². The molecule has 0 bridgehead atoms. The molecule has 0 amide bonds. The average Bonchev–Trinajstić information content (AvgIpc) is 2.90. The molecule has 110 valence electrons. The van der Waals surface area contributed by atoms with E-state index in [0.717, 1.165) is 23.3 Å². The van der Waals surface area contributed by atoms with Crippen LogP contribution in [-0.4, -0.2) is 31.8 Å². The Morgan fingerprint density at radius 1 is 1.35 bits per heavy atom.